The van der Waals surface area contributed by atoms with Gasteiger partial charge in [0.2, 0.25) is 10.1 Å². The van der Waals surface area contributed by atoms with Crippen molar-refractivity contribution < 1.29 is 4.79 Å². The first-order valence-electron chi connectivity index (χ1n) is 5.50. The Labute approximate surface area is 108 Å². The van der Waals surface area contributed by atoms with E-state index in [9.17, 15) is 4.79 Å². The quantitative estimate of drug-likeness (QED) is 0.881. The maximum absolute atomic E-state index is 11.9. The zero-order chi connectivity index (χ0) is 13.0. The van der Waals surface area contributed by atoms with Gasteiger partial charge < -0.3 is 10.6 Å². The molecule has 0 radical (unpaired) electrons. The van der Waals surface area contributed by atoms with Gasteiger partial charge in [-0.3, -0.25) is 9.78 Å². The highest BCUT2D eigenvalue weighted by atomic mass is 32.1. The number of nitrogens with one attached hydrogen (secondary N) is 2. The summed E-state index contributed by atoms with van der Waals surface area (Å²) in [5, 5.41) is 14.4. The maximum atomic E-state index is 11.9. The van der Waals surface area contributed by atoms with Gasteiger partial charge in [-0.1, -0.05) is 11.3 Å². The van der Waals surface area contributed by atoms with Crippen LogP contribution in [0, 0.1) is 6.92 Å². The van der Waals surface area contributed by atoms with Gasteiger partial charge >= 0.3 is 0 Å². The van der Waals surface area contributed by atoms with Gasteiger partial charge in [-0.15, -0.1) is 10.2 Å². The van der Waals surface area contributed by atoms with Crippen molar-refractivity contribution in [2.75, 3.05) is 17.2 Å². The minimum atomic E-state index is -0.276. The molecule has 0 saturated carbocycles. The van der Waals surface area contributed by atoms with Gasteiger partial charge in [-0.2, -0.15) is 0 Å². The number of hydrogen-bond donors (Lipinski definition) is 2. The minimum Gasteiger partial charge on any atom is -0.360 e. The molecule has 0 aliphatic carbocycles. The van der Waals surface area contributed by atoms with Crippen LogP contribution in [0.4, 0.5) is 10.8 Å². The number of carbonyl (C=O) groups is 1. The molecular weight excluding hydrogens is 250 g/mol. The fraction of sp³-hybridized carbons (Fsp3) is 0.273. The molecule has 1 amide bonds. The molecule has 94 valence electrons. The lowest BCUT2D eigenvalue weighted by Crippen LogP contribution is -2.11. The van der Waals surface area contributed by atoms with Gasteiger partial charge in [0.15, 0.2) is 0 Å². The summed E-state index contributed by atoms with van der Waals surface area (Å²) < 4.78 is 0. The van der Waals surface area contributed by atoms with Crippen molar-refractivity contribution in [3.05, 3.63) is 29.0 Å². The zero-order valence-corrected chi connectivity index (χ0v) is 10.9. The van der Waals surface area contributed by atoms with E-state index >= 15 is 0 Å². The third-order valence-corrected chi connectivity index (χ3v) is 3.00. The van der Waals surface area contributed by atoms with Crippen molar-refractivity contribution in [3.63, 3.8) is 0 Å². The number of hydrogen-bond acceptors (Lipinski definition) is 6. The van der Waals surface area contributed by atoms with Gasteiger partial charge in [0, 0.05) is 12.2 Å². The van der Waals surface area contributed by atoms with Crippen molar-refractivity contribution in [2.24, 2.45) is 0 Å². The van der Waals surface area contributed by atoms with E-state index in [4.69, 9.17) is 0 Å². The van der Waals surface area contributed by atoms with Crippen LogP contribution < -0.4 is 10.6 Å². The highest BCUT2D eigenvalue weighted by Gasteiger charge is 2.12. The molecule has 2 aromatic heterocycles. The monoisotopic (exact) mass is 263 g/mol. The highest BCUT2D eigenvalue weighted by Crippen LogP contribution is 2.16. The smallest absolute Gasteiger partial charge is 0.286 e. The Kier molecular flexibility index (Phi) is 3.83. The zero-order valence-electron chi connectivity index (χ0n) is 10.1. The van der Waals surface area contributed by atoms with Crippen molar-refractivity contribution in [3.8, 4) is 0 Å². The summed E-state index contributed by atoms with van der Waals surface area (Å²) in [4.78, 5) is 16.0. The molecule has 0 aromatic carbocycles. The number of nitrogens with zero attached hydrogens (tertiary/aromatic N) is 3. The highest BCUT2D eigenvalue weighted by molar-refractivity contribution is 7.17. The first kappa shape index (κ1) is 12.4. The molecule has 0 bridgehead atoms. The number of anilines is 2. The van der Waals surface area contributed by atoms with Crippen LogP contribution >= 0.6 is 11.3 Å². The number of aryl methyl sites for hydroxylation is 1. The molecule has 18 heavy (non-hydrogen) atoms. The second-order valence-corrected chi connectivity index (χ2v) is 4.56. The van der Waals surface area contributed by atoms with Gasteiger partial charge in [-0.25, -0.2) is 0 Å². The van der Waals surface area contributed by atoms with Crippen LogP contribution in [-0.4, -0.2) is 27.6 Å². The predicted molar refractivity (Wildman–Crippen MR) is 71.0 cm³/mol. The number of amides is 1. The number of rotatable bonds is 4. The third kappa shape index (κ3) is 3.01. The number of carbonyl (C=O) groups excluding carboxylic acids is 1. The Balaban J connectivity index is 2.04. The van der Waals surface area contributed by atoms with E-state index in [1.165, 1.54) is 11.3 Å². The fourth-order valence-corrected chi connectivity index (χ4v) is 1.97. The molecule has 0 aliphatic heterocycles. The van der Waals surface area contributed by atoms with E-state index in [2.05, 4.69) is 25.8 Å². The summed E-state index contributed by atoms with van der Waals surface area (Å²) in [6.45, 7) is 4.59. The molecular formula is C11H13N5OS. The largest absolute Gasteiger partial charge is 0.360 e. The molecule has 0 fully saturated rings. The number of aromatic nitrogens is 3. The summed E-state index contributed by atoms with van der Waals surface area (Å²) in [7, 11) is 0. The normalized spacial score (nSPS) is 10.1. The molecule has 0 atom stereocenters. The van der Waals surface area contributed by atoms with E-state index in [1.54, 1.807) is 12.3 Å². The molecule has 0 unspecified atom stereocenters. The maximum Gasteiger partial charge on any atom is 0.286 e. The summed E-state index contributed by atoms with van der Waals surface area (Å²) in [5.41, 5.74) is 1.55. The average Bonchev–Trinajstić information content (AvgIpc) is 2.81. The Morgan fingerprint density at radius 2 is 2.22 bits per heavy atom. The van der Waals surface area contributed by atoms with Crippen LogP contribution in [0.3, 0.4) is 0 Å². The third-order valence-electron chi connectivity index (χ3n) is 2.12. The molecule has 6 nitrogen and oxygen atoms in total. The molecule has 0 spiro atoms. The standard InChI is InChI=1S/C11H13N5OS/c1-3-12-11-16-15-10(18-11)9(17)14-8-5-4-7(2)13-6-8/h4-6H,3H2,1-2H3,(H,12,16)(H,14,17). The first-order valence-corrected chi connectivity index (χ1v) is 6.32. The lowest BCUT2D eigenvalue weighted by molar-refractivity contribution is 0.102. The molecule has 2 aromatic rings. The Hall–Kier alpha value is -2.02. The van der Waals surface area contributed by atoms with E-state index in [0.29, 0.717) is 15.8 Å². The second-order valence-electron chi connectivity index (χ2n) is 3.59. The van der Waals surface area contributed by atoms with Crippen molar-refractivity contribution in [1.29, 1.82) is 0 Å². The van der Waals surface area contributed by atoms with Crippen LogP contribution in [-0.2, 0) is 0 Å². The lowest BCUT2D eigenvalue weighted by Gasteiger charge is -2.01. The molecule has 0 saturated heterocycles. The van der Waals surface area contributed by atoms with Gasteiger partial charge in [-0.05, 0) is 26.0 Å². The van der Waals surface area contributed by atoms with E-state index in [1.807, 2.05) is 19.9 Å². The predicted octanol–water partition coefficient (Wildman–Crippen LogP) is 1.93. The molecule has 7 heteroatoms. The van der Waals surface area contributed by atoms with Crippen molar-refractivity contribution in [2.45, 2.75) is 13.8 Å². The molecule has 2 N–H and O–H groups in total. The van der Waals surface area contributed by atoms with Crippen LogP contribution in [0.15, 0.2) is 18.3 Å². The molecule has 2 heterocycles. The molecule has 0 aliphatic rings. The molecule has 2 rings (SSSR count). The Bertz CT molecular complexity index is 537. The van der Waals surface area contributed by atoms with Crippen LogP contribution in [0.1, 0.15) is 22.4 Å². The van der Waals surface area contributed by atoms with E-state index in [-0.39, 0.29) is 5.91 Å². The second kappa shape index (κ2) is 5.54. The fourth-order valence-electron chi connectivity index (χ4n) is 1.26. The Morgan fingerprint density at radius 1 is 1.39 bits per heavy atom. The van der Waals surface area contributed by atoms with E-state index in [0.717, 1.165) is 12.2 Å². The van der Waals surface area contributed by atoms with Crippen LogP contribution in [0.25, 0.3) is 0 Å². The summed E-state index contributed by atoms with van der Waals surface area (Å²) in [6, 6.07) is 3.63. The SMILES string of the molecule is CCNc1nnc(C(=O)Nc2ccc(C)nc2)s1. The Morgan fingerprint density at radius 3 is 2.89 bits per heavy atom. The summed E-state index contributed by atoms with van der Waals surface area (Å²) in [5.74, 6) is -0.276. The minimum absolute atomic E-state index is 0.276. The topological polar surface area (TPSA) is 79.8 Å². The van der Waals surface area contributed by atoms with Crippen LogP contribution in [0.2, 0.25) is 0 Å². The van der Waals surface area contributed by atoms with Crippen molar-refractivity contribution >= 4 is 28.1 Å². The number of pyridine rings is 1. The van der Waals surface area contributed by atoms with Gasteiger partial charge in [0.05, 0.1) is 11.9 Å². The average molecular weight is 263 g/mol. The van der Waals surface area contributed by atoms with Gasteiger partial charge in [0.25, 0.3) is 5.91 Å². The summed E-state index contributed by atoms with van der Waals surface area (Å²) in [6.07, 6.45) is 1.61. The van der Waals surface area contributed by atoms with Gasteiger partial charge in [0.1, 0.15) is 0 Å². The van der Waals surface area contributed by atoms with E-state index < -0.39 is 0 Å². The van der Waals surface area contributed by atoms with Crippen molar-refractivity contribution in [1.82, 2.24) is 15.2 Å². The lowest BCUT2D eigenvalue weighted by atomic mass is 10.3. The first-order chi connectivity index (χ1) is 8.69. The van der Waals surface area contributed by atoms with Crippen LogP contribution in [0.5, 0.6) is 0 Å². The summed E-state index contributed by atoms with van der Waals surface area (Å²) >= 11 is 1.22.